The third-order valence-corrected chi connectivity index (χ3v) is 4.92. The number of nitrogens with one attached hydrogen (secondary N) is 1. The van der Waals surface area contributed by atoms with Gasteiger partial charge in [-0.1, -0.05) is 6.07 Å². The molecule has 0 radical (unpaired) electrons. The lowest BCUT2D eigenvalue weighted by molar-refractivity contribution is -0.376. The molecule has 4 N–H and O–H groups in total. The van der Waals surface area contributed by atoms with E-state index in [9.17, 15) is 36.2 Å². The zero-order valence-electron chi connectivity index (χ0n) is 13.4. The van der Waals surface area contributed by atoms with Gasteiger partial charge in [-0.25, -0.2) is 0 Å². The highest BCUT2D eigenvalue weighted by molar-refractivity contribution is 9.11. The highest BCUT2D eigenvalue weighted by atomic mass is 79.9. The van der Waals surface area contributed by atoms with Crippen molar-refractivity contribution >= 4 is 49.1 Å². The molecule has 0 saturated carbocycles. The third-order valence-electron chi connectivity index (χ3n) is 3.67. The third kappa shape index (κ3) is 4.13. The van der Waals surface area contributed by atoms with Crippen LogP contribution < -0.4 is 11.1 Å². The van der Waals surface area contributed by atoms with Gasteiger partial charge in [-0.3, -0.25) is 4.79 Å². The Kier molecular flexibility index (Phi) is 6.07. The number of amides is 1. The first-order valence-electron chi connectivity index (χ1n) is 7.20. The second-order valence-corrected chi connectivity index (χ2v) is 7.31. The summed E-state index contributed by atoms with van der Waals surface area (Å²) in [6.45, 7) is 0. The Morgan fingerprint density at radius 2 is 1.46 bits per heavy atom. The second kappa shape index (κ2) is 7.56. The summed E-state index contributed by atoms with van der Waals surface area (Å²) in [6, 6.07) is 6.61. The molecule has 2 aromatic rings. The van der Waals surface area contributed by atoms with Crippen LogP contribution in [0.1, 0.15) is 15.9 Å². The van der Waals surface area contributed by atoms with Crippen LogP contribution in [0.25, 0.3) is 0 Å². The number of nitrogen functional groups attached to an aromatic ring is 1. The van der Waals surface area contributed by atoms with E-state index >= 15 is 0 Å². The van der Waals surface area contributed by atoms with Crippen LogP contribution in [0.4, 0.5) is 37.7 Å². The molecular formula is C16H10Br2F6N2O2. The van der Waals surface area contributed by atoms with Gasteiger partial charge in [0.15, 0.2) is 0 Å². The van der Waals surface area contributed by atoms with Crippen LogP contribution in [0.5, 0.6) is 0 Å². The van der Waals surface area contributed by atoms with Gasteiger partial charge in [-0.15, -0.1) is 0 Å². The summed E-state index contributed by atoms with van der Waals surface area (Å²) in [4.78, 5) is 12.3. The zero-order chi connectivity index (χ0) is 21.5. The highest BCUT2D eigenvalue weighted by Crippen LogP contribution is 2.51. The molecule has 0 saturated heterocycles. The molecule has 0 aliphatic carbocycles. The normalized spacial score (nSPS) is 12.8. The van der Waals surface area contributed by atoms with Gasteiger partial charge in [0.05, 0.1) is 5.69 Å². The summed E-state index contributed by atoms with van der Waals surface area (Å²) < 4.78 is 77.6. The minimum absolute atomic E-state index is 0.116. The maximum Gasteiger partial charge on any atom is 0.430 e. The Morgan fingerprint density at radius 3 is 1.89 bits per heavy atom. The molecule has 0 bridgehead atoms. The summed E-state index contributed by atoms with van der Waals surface area (Å²) in [6.07, 6.45) is -12.1. The number of hydrogen-bond acceptors (Lipinski definition) is 3. The first-order chi connectivity index (χ1) is 12.7. The van der Waals surface area contributed by atoms with Gasteiger partial charge in [-0.05, 0) is 62.2 Å². The lowest BCUT2D eigenvalue weighted by Gasteiger charge is -2.33. The Hall–Kier alpha value is -1.79. The lowest BCUT2D eigenvalue weighted by atomic mass is 9.92. The van der Waals surface area contributed by atoms with Gasteiger partial charge in [0, 0.05) is 25.8 Å². The predicted octanol–water partition coefficient (Wildman–Crippen LogP) is 5.36. The van der Waals surface area contributed by atoms with Gasteiger partial charge in [0.2, 0.25) is 0 Å². The smallest absolute Gasteiger partial charge is 0.399 e. The molecule has 2 rings (SSSR count). The summed E-state index contributed by atoms with van der Waals surface area (Å²) in [5.74, 6) is -0.705. The molecule has 12 heteroatoms. The van der Waals surface area contributed by atoms with Crippen molar-refractivity contribution in [1.82, 2.24) is 0 Å². The van der Waals surface area contributed by atoms with Crippen LogP contribution in [0.15, 0.2) is 45.3 Å². The van der Waals surface area contributed by atoms with Crippen molar-refractivity contribution in [3.63, 3.8) is 0 Å². The Balaban J connectivity index is 2.49. The van der Waals surface area contributed by atoms with Crippen molar-refractivity contribution in [2.75, 3.05) is 11.1 Å². The molecule has 152 valence electrons. The SMILES string of the molecule is Nc1cccc(C(=O)Nc2c(Br)cc(C(O)(C(F)(F)F)C(F)(F)F)cc2Br)c1. The van der Waals surface area contributed by atoms with E-state index in [1.54, 1.807) is 0 Å². The molecule has 28 heavy (non-hydrogen) atoms. The average Bonchev–Trinajstić information content (AvgIpc) is 2.54. The Bertz CT molecular complexity index is 878. The highest BCUT2D eigenvalue weighted by Gasteiger charge is 2.71. The van der Waals surface area contributed by atoms with Crippen LogP contribution in [0.3, 0.4) is 0 Å². The van der Waals surface area contributed by atoms with E-state index in [1.807, 2.05) is 0 Å². The molecule has 4 nitrogen and oxygen atoms in total. The van der Waals surface area contributed by atoms with Crippen LogP contribution in [0, 0.1) is 0 Å². The van der Waals surface area contributed by atoms with E-state index in [1.165, 1.54) is 24.3 Å². The topological polar surface area (TPSA) is 75.4 Å². The largest absolute Gasteiger partial charge is 0.430 e. The quantitative estimate of drug-likeness (QED) is 0.366. The maximum absolute atomic E-state index is 13.0. The average molecular weight is 536 g/mol. The summed E-state index contributed by atoms with van der Waals surface area (Å²) >= 11 is 5.65. The van der Waals surface area contributed by atoms with Gasteiger partial charge in [-0.2, -0.15) is 26.3 Å². The fourth-order valence-electron chi connectivity index (χ4n) is 2.26. The number of carbonyl (C=O) groups is 1. The molecule has 0 spiro atoms. The van der Waals surface area contributed by atoms with Gasteiger partial charge >= 0.3 is 12.4 Å². The number of alkyl halides is 6. The van der Waals surface area contributed by atoms with Crippen molar-refractivity contribution in [3.8, 4) is 0 Å². The fraction of sp³-hybridized carbons (Fsp3) is 0.188. The van der Waals surface area contributed by atoms with Gasteiger partial charge in [0.25, 0.3) is 11.5 Å². The van der Waals surface area contributed by atoms with E-state index < -0.39 is 29.4 Å². The fourth-order valence-corrected chi connectivity index (χ4v) is 3.64. The molecule has 0 unspecified atom stereocenters. The van der Waals surface area contributed by atoms with Crippen LogP contribution in [-0.2, 0) is 5.60 Å². The molecular weight excluding hydrogens is 526 g/mol. The minimum atomic E-state index is -6.03. The summed E-state index contributed by atoms with van der Waals surface area (Å²) in [5.41, 5.74) is -0.756. The van der Waals surface area contributed by atoms with Gasteiger partial charge < -0.3 is 16.2 Å². The van der Waals surface area contributed by atoms with Gasteiger partial charge in [0.1, 0.15) is 0 Å². The molecule has 1 amide bonds. The summed E-state index contributed by atoms with van der Waals surface area (Å²) in [5, 5.41) is 11.8. The van der Waals surface area contributed by atoms with Crippen molar-refractivity contribution < 1.29 is 36.2 Å². The van der Waals surface area contributed by atoms with Crippen LogP contribution in [0.2, 0.25) is 0 Å². The number of hydrogen-bond donors (Lipinski definition) is 3. The molecule has 0 aliphatic rings. The lowest BCUT2D eigenvalue weighted by Crippen LogP contribution is -2.53. The minimum Gasteiger partial charge on any atom is -0.399 e. The van der Waals surface area contributed by atoms with E-state index in [-0.39, 0.29) is 25.9 Å². The molecule has 2 aromatic carbocycles. The number of halogens is 8. The molecule has 0 aliphatic heterocycles. The number of benzene rings is 2. The monoisotopic (exact) mass is 534 g/mol. The molecule has 0 heterocycles. The Morgan fingerprint density at radius 1 is 0.964 bits per heavy atom. The second-order valence-electron chi connectivity index (χ2n) is 5.60. The van der Waals surface area contributed by atoms with Crippen molar-refractivity contribution in [1.29, 1.82) is 0 Å². The van der Waals surface area contributed by atoms with Crippen LogP contribution >= 0.6 is 31.9 Å². The molecule has 0 atom stereocenters. The first-order valence-corrected chi connectivity index (χ1v) is 8.79. The van der Waals surface area contributed by atoms with Crippen molar-refractivity contribution in [2.24, 2.45) is 0 Å². The Labute approximate surface area is 171 Å². The van der Waals surface area contributed by atoms with E-state index in [4.69, 9.17) is 5.73 Å². The van der Waals surface area contributed by atoms with E-state index in [0.29, 0.717) is 12.1 Å². The number of rotatable bonds is 3. The zero-order valence-corrected chi connectivity index (χ0v) is 16.6. The maximum atomic E-state index is 13.0. The predicted molar refractivity (Wildman–Crippen MR) is 96.7 cm³/mol. The van der Waals surface area contributed by atoms with E-state index in [0.717, 1.165) is 0 Å². The molecule has 0 fully saturated rings. The number of carbonyl (C=O) groups excluding carboxylic acids is 1. The number of nitrogens with two attached hydrogens (primary N) is 1. The summed E-state index contributed by atoms with van der Waals surface area (Å²) in [7, 11) is 0. The first kappa shape index (κ1) is 22.5. The number of anilines is 2. The van der Waals surface area contributed by atoms with Crippen molar-refractivity contribution in [2.45, 2.75) is 18.0 Å². The van der Waals surface area contributed by atoms with Crippen molar-refractivity contribution in [3.05, 3.63) is 56.5 Å². The van der Waals surface area contributed by atoms with Crippen LogP contribution in [-0.4, -0.2) is 23.4 Å². The standard InChI is InChI=1S/C16H10Br2F6N2O2/c17-10-5-8(14(28,15(19,20)21)16(22,23)24)6-11(18)12(10)26-13(27)7-2-1-3-9(25)4-7/h1-6,28H,25H2,(H,26,27). The number of aliphatic hydroxyl groups is 1. The van der Waals surface area contributed by atoms with E-state index in [2.05, 4.69) is 37.2 Å². The molecule has 0 aromatic heterocycles.